The van der Waals surface area contributed by atoms with E-state index in [0.717, 1.165) is 5.57 Å². The summed E-state index contributed by atoms with van der Waals surface area (Å²) >= 11 is 0. The van der Waals surface area contributed by atoms with Crippen molar-refractivity contribution in [2.24, 2.45) is 23.5 Å². The van der Waals surface area contributed by atoms with Gasteiger partial charge in [-0.3, -0.25) is 4.79 Å². The molecule has 2 amide bonds. The third-order valence-electron chi connectivity index (χ3n) is 7.05. The predicted molar refractivity (Wildman–Crippen MR) is 140 cm³/mol. The van der Waals surface area contributed by atoms with Crippen LogP contribution in [0, 0.1) is 23.6 Å². The van der Waals surface area contributed by atoms with E-state index in [9.17, 15) is 24.2 Å². The number of carbonyl (C=O) groups is 2. The highest BCUT2D eigenvalue weighted by atomic mass is 19.1. The molecular weight excluding hydrogens is 479 g/mol. The number of nitrogens with one attached hydrogen (secondary N) is 1. The number of carbonyl (C=O) groups excluding carboxylic acids is 2. The van der Waals surface area contributed by atoms with Crippen molar-refractivity contribution in [2.45, 2.75) is 78.3 Å². The molecule has 0 spiro atoms. The van der Waals surface area contributed by atoms with E-state index in [1.54, 1.807) is 26.0 Å². The Balaban J connectivity index is 2.48. The number of aliphatic hydroxyl groups is 2. The van der Waals surface area contributed by atoms with Crippen LogP contribution >= 0.6 is 0 Å². The van der Waals surface area contributed by atoms with Gasteiger partial charge >= 0.3 is 6.09 Å². The first-order valence-electron chi connectivity index (χ1n) is 12.7. The summed E-state index contributed by atoms with van der Waals surface area (Å²) in [5, 5.41) is 24.7. The summed E-state index contributed by atoms with van der Waals surface area (Å²) in [7, 11) is 1.48. The summed E-state index contributed by atoms with van der Waals surface area (Å²) < 4.78 is 25.4. The van der Waals surface area contributed by atoms with Crippen LogP contribution in [0.2, 0.25) is 0 Å². The minimum atomic E-state index is -1.06. The molecule has 8 nitrogen and oxygen atoms in total. The van der Waals surface area contributed by atoms with Gasteiger partial charge in [-0.15, -0.1) is 0 Å². The van der Waals surface area contributed by atoms with Crippen molar-refractivity contribution in [1.29, 1.82) is 0 Å². The number of primary amides is 1. The van der Waals surface area contributed by atoms with Crippen LogP contribution in [-0.4, -0.2) is 47.6 Å². The second-order valence-electron chi connectivity index (χ2n) is 10.2. The van der Waals surface area contributed by atoms with E-state index in [0.29, 0.717) is 24.0 Å². The zero-order valence-corrected chi connectivity index (χ0v) is 22.5. The van der Waals surface area contributed by atoms with Gasteiger partial charge in [-0.25, -0.2) is 9.18 Å². The summed E-state index contributed by atoms with van der Waals surface area (Å²) in [5.41, 5.74) is 7.07. The summed E-state index contributed by atoms with van der Waals surface area (Å²) in [4.78, 5) is 24.3. The van der Waals surface area contributed by atoms with Gasteiger partial charge in [-0.2, -0.15) is 0 Å². The Hall–Kier alpha value is -2.75. The number of fused-ring (bicyclic) bond motifs is 2. The smallest absolute Gasteiger partial charge is 0.405 e. The third-order valence-corrected chi connectivity index (χ3v) is 7.05. The fraction of sp³-hybridized carbons (Fsp3) is 0.571. The molecule has 1 heterocycles. The first-order valence-corrected chi connectivity index (χ1v) is 12.7. The SMILES string of the molecule is CO[C@H]1C[C@H](C)C(O)c2cc(F)cc(c2)NC(=O)/C(C)=C/CC[C@H](C)[C@H](OC(N)=O)/C(C)=C/[C@H](C)[C@H]1O. The molecule has 1 aliphatic heterocycles. The monoisotopic (exact) mass is 520 g/mol. The summed E-state index contributed by atoms with van der Waals surface area (Å²) in [6.45, 7) is 9.02. The molecule has 1 aromatic carbocycles. The Morgan fingerprint density at radius 2 is 1.81 bits per heavy atom. The predicted octanol–water partition coefficient (Wildman–Crippen LogP) is 4.62. The Labute approximate surface area is 218 Å². The van der Waals surface area contributed by atoms with Crippen molar-refractivity contribution in [3.05, 3.63) is 52.9 Å². The molecule has 0 aliphatic carbocycles. The zero-order chi connectivity index (χ0) is 27.9. The number of halogens is 1. The first kappa shape index (κ1) is 30.5. The van der Waals surface area contributed by atoms with Crippen LogP contribution in [-0.2, 0) is 14.3 Å². The van der Waals surface area contributed by atoms with Crippen LogP contribution in [0.4, 0.5) is 14.9 Å². The topological polar surface area (TPSA) is 131 Å². The molecule has 37 heavy (non-hydrogen) atoms. The van der Waals surface area contributed by atoms with Gasteiger partial charge < -0.3 is 30.7 Å². The lowest BCUT2D eigenvalue weighted by Gasteiger charge is -2.30. The second kappa shape index (κ2) is 13.7. The van der Waals surface area contributed by atoms with Gasteiger partial charge in [0.25, 0.3) is 5.91 Å². The maximum Gasteiger partial charge on any atom is 0.405 e. The molecule has 0 aromatic heterocycles. The van der Waals surface area contributed by atoms with Crippen LogP contribution in [0.1, 0.15) is 65.5 Å². The molecule has 1 aliphatic rings. The van der Waals surface area contributed by atoms with Crippen molar-refractivity contribution in [3.63, 3.8) is 0 Å². The minimum Gasteiger partial charge on any atom is -0.442 e. The van der Waals surface area contributed by atoms with E-state index >= 15 is 0 Å². The fourth-order valence-corrected chi connectivity index (χ4v) is 4.82. The van der Waals surface area contributed by atoms with Gasteiger partial charge in [0.2, 0.25) is 0 Å². The fourth-order valence-electron chi connectivity index (χ4n) is 4.82. The highest BCUT2D eigenvalue weighted by molar-refractivity contribution is 6.03. The second-order valence-corrected chi connectivity index (χ2v) is 10.2. The number of hydrogen-bond acceptors (Lipinski definition) is 6. The maximum atomic E-state index is 14.4. The molecule has 0 saturated carbocycles. The Bertz CT molecular complexity index is 1010. The van der Waals surface area contributed by atoms with Gasteiger partial charge in [-0.05, 0) is 74.3 Å². The molecule has 2 rings (SSSR count). The molecule has 0 radical (unpaired) electrons. The zero-order valence-electron chi connectivity index (χ0n) is 22.5. The highest BCUT2D eigenvalue weighted by Gasteiger charge is 2.30. The van der Waals surface area contributed by atoms with Crippen molar-refractivity contribution < 1.29 is 33.7 Å². The number of ether oxygens (including phenoxy) is 2. The van der Waals surface area contributed by atoms with E-state index in [1.807, 2.05) is 26.8 Å². The molecule has 5 N–H and O–H groups in total. The molecule has 1 unspecified atom stereocenters. The number of benzene rings is 1. The number of aliphatic hydroxyl groups excluding tert-OH is 2. The summed E-state index contributed by atoms with van der Waals surface area (Å²) in [5.74, 6) is -1.87. The van der Waals surface area contributed by atoms with Crippen molar-refractivity contribution in [3.8, 4) is 0 Å². The van der Waals surface area contributed by atoms with Crippen molar-refractivity contribution in [1.82, 2.24) is 0 Å². The van der Waals surface area contributed by atoms with Crippen LogP contribution in [0.25, 0.3) is 0 Å². The molecule has 1 aromatic rings. The van der Waals surface area contributed by atoms with Crippen LogP contribution in [0.5, 0.6) is 0 Å². The number of methoxy groups -OCH3 is 1. The number of anilines is 1. The van der Waals surface area contributed by atoms with E-state index in [1.165, 1.54) is 19.2 Å². The van der Waals surface area contributed by atoms with Crippen LogP contribution < -0.4 is 11.1 Å². The van der Waals surface area contributed by atoms with E-state index in [4.69, 9.17) is 15.2 Å². The van der Waals surface area contributed by atoms with Crippen molar-refractivity contribution >= 4 is 17.7 Å². The molecule has 0 saturated heterocycles. The lowest BCUT2D eigenvalue weighted by Crippen LogP contribution is -2.36. The molecule has 9 heteroatoms. The van der Waals surface area contributed by atoms with Crippen LogP contribution in [0.15, 0.2) is 41.5 Å². The van der Waals surface area contributed by atoms with Gasteiger partial charge in [0.05, 0.1) is 18.3 Å². The van der Waals surface area contributed by atoms with Gasteiger partial charge in [0, 0.05) is 24.3 Å². The average molecular weight is 521 g/mol. The van der Waals surface area contributed by atoms with E-state index in [2.05, 4.69) is 5.32 Å². The largest absolute Gasteiger partial charge is 0.442 e. The molecule has 7 atom stereocenters. The molecule has 2 bridgehead atoms. The third kappa shape index (κ3) is 8.66. The molecule has 206 valence electrons. The quantitative estimate of drug-likeness (QED) is 0.421. The Morgan fingerprint density at radius 1 is 1.14 bits per heavy atom. The summed E-state index contributed by atoms with van der Waals surface area (Å²) in [6.07, 6.45) is 0.908. The number of nitrogens with two attached hydrogens (primary N) is 1. The number of allylic oxidation sites excluding steroid dienone is 1. The Morgan fingerprint density at radius 3 is 2.43 bits per heavy atom. The van der Waals surface area contributed by atoms with Gasteiger partial charge in [0.15, 0.2) is 0 Å². The molecule has 0 fully saturated rings. The number of rotatable bonds is 2. The lowest BCUT2D eigenvalue weighted by molar-refractivity contribution is -0.112. The first-order chi connectivity index (χ1) is 17.3. The lowest BCUT2D eigenvalue weighted by atomic mass is 9.86. The molecular formula is C28H41FN2O6. The number of amides is 2. The maximum absolute atomic E-state index is 14.4. The van der Waals surface area contributed by atoms with Crippen LogP contribution in [0.3, 0.4) is 0 Å². The van der Waals surface area contributed by atoms with E-state index < -0.39 is 42.2 Å². The highest BCUT2D eigenvalue weighted by Crippen LogP contribution is 2.31. The standard InChI is InChI=1S/C28H41FN2O6/c1-15-8-7-9-16(2)27(34)31-22-13-20(12-21(29)14-22)24(32)18(4)11-23(36-6)25(33)17(3)10-19(5)26(15)37-28(30)35/h9-10,12-15,17-18,23-26,32-33H,7-8,11H2,1-6H3,(H2,30,35)(H,31,34)/b16-9+,19-10+/t15-,17-,18-,23-,24?,25+,26-/m0/s1. The van der Waals surface area contributed by atoms with Gasteiger partial charge in [-0.1, -0.05) is 32.9 Å². The summed E-state index contributed by atoms with van der Waals surface area (Å²) in [6, 6.07) is 3.97. The Kier molecular flexibility index (Phi) is 11.3. The van der Waals surface area contributed by atoms with Gasteiger partial charge in [0.1, 0.15) is 11.9 Å². The number of hydrogen-bond donors (Lipinski definition) is 4. The average Bonchev–Trinajstić information content (AvgIpc) is 2.83. The minimum absolute atomic E-state index is 0.124. The van der Waals surface area contributed by atoms with E-state index in [-0.39, 0.29) is 29.9 Å². The van der Waals surface area contributed by atoms with Crippen molar-refractivity contribution in [2.75, 3.05) is 12.4 Å². The normalized spacial score (nSPS) is 33.4.